The number of rotatable bonds is 41. The van der Waals surface area contributed by atoms with E-state index in [0.29, 0.717) is 32.8 Å². The van der Waals surface area contributed by atoms with E-state index in [-0.39, 0.29) is 76.7 Å². The number of Topliss-reactive ketones (excluding diaryl/α,β-unsaturated/α-hetero) is 1. The molecule has 0 aliphatic rings. The van der Waals surface area contributed by atoms with Gasteiger partial charge in [-0.3, -0.25) is 49.5 Å². The fourth-order valence-electron chi connectivity index (χ4n) is 6.52. The molecular formula is C56H103O13W-3. The van der Waals surface area contributed by atoms with Gasteiger partial charge in [0.1, 0.15) is 5.78 Å². The summed E-state index contributed by atoms with van der Waals surface area (Å²) in [7, 11) is 0. The summed E-state index contributed by atoms with van der Waals surface area (Å²) in [6, 6.07) is 0. The number of unbranched alkanes of at least 4 members (excludes halogenated alkanes) is 20. The van der Waals surface area contributed by atoms with E-state index in [4.69, 9.17) is 28.4 Å². The first-order valence-electron chi connectivity index (χ1n) is 26.8. The maximum absolute atomic E-state index is 12.6. The van der Waals surface area contributed by atoms with E-state index < -0.39 is 29.8 Å². The molecule has 0 N–H and O–H groups in total. The van der Waals surface area contributed by atoms with Crippen LogP contribution in [0.25, 0.3) is 0 Å². The van der Waals surface area contributed by atoms with Crippen LogP contribution in [0.1, 0.15) is 242 Å². The third kappa shape index (κ3) is 73.7. The average Bonchev–Trinajstić information content (AvgIpc) is 3.29. The van der Waals surface area contributed by atoms with Crippen LogP contribution in [0.3, 0.4) is 0 Å². The van der Waals surface area contributed by atoms with E-state index in [1.165, 1.54) is 104 Å². The van der Waals surface area contributed by atoms with Gasteiger partial charge in [-0.15, -0.1) is 0 Å². The number of hydrogen-bond acceptors (Lipinski definition) is 13. The standard InChI is InChI=1S/C33H59O8.2C10H19O2.C3H6O.W/c1-6-8-10-12-14-16-18-31(35)41-26-30(22-32(36)38-21-17-15-13-11-9-7-2)23-33(37)40-25-28(4)20-19-27(3)24-39-29(5)34;2*1-3-4-5-6-7-8-9-12-10(2)11;1-3(2)4;/h27-28,30H,5-26H2,1-4H3;2*2-9H2,1H3;1-2H3;/q3*-1;;. The molecule has 0 aliphatic carbocycles. The number of esters is 6. The predicted molar refractivity (Wildman–Crippen MR) is 277 cm³/mol. The van der Waals surface area contributed by atoms with Gasteiger partial charge in [0, 0.05) is 33.4 Å². The second-order valence-electron chi connectivity index (χ2n) is 18.5. The van der Waals surface area contributed by atoms with Gasteiger partial charge in [0.15, 0.2) is 17.9 Å². The Hall–Kier alpha value is -3.21. The molecule has 0 bridgehead atoms. The minimum absolute atomic E-state index is 0. The van der Waals surface area contributed by atoms with Crippen molar-refractivity contribution < 1.29 is 83.0 Å². The van der Waals surface area contributed by atoms with Crippen LogP contribution in [0.4, 0.5) is 0 Å². The van der Waals surface area contributed by atoms with Crippen molar-refractivity contribution in [2.24, 2.45) is 17.8 Å². The normalized spacial score (nSPS) is 11.4. The van der Waals surface area contributed by atoms with Crippen LogP contribution < -0.4 is 0 Å². The van der Waals surface area contributed by atoms with Gasteiger partial charge in [-0.2, -0.15) is 0 Å². The maximum Gasteiger partial charge on any atom is 0.306 e. The van der Waals surface area contributed by atoms with Crippen LogP contribution in [0.15, 0.2) is 0 Å². The SMILES string of the molecule is CC(C)=O.[CH2-]C(=O)OCC(C)CCC(C)COC(=O)CC(COC(=O)CCCCCCCC)CC(=O)OCCCCCCCC.[CH2-]C(=O)OCCCCCCCC.[CH2-]C(=O)OCCCCCCCC.[W]. The van der Waals surface area contributed by atoms with Crippen LogP contribution in [0.5, 0.6) is 0 Å². The summed E-state index contributed by atoms with van der Waals surface area (Å²) >= 11 is 0. The Labute approximate surface area is 442 Å². The molecule has 0 saturated carbocycles. The first kappa shape index (κ1) is 75.7. The summed E-state index contributed by atoms with van der Waals surface area (Å²) in [4.78, 5) is 78.1. The number of ketones is 1. The quantitative estimate of drug-likeness (QED) is 0.0245. The Balaban J connectivity index is -0.000000391. The van der Waals surface area contributed by atoms with Gasteiger partial charge in [-0.1, -0.05) is 170 Å². The second-order valence-corrected chi connectivity index (χ2v) is 18.5. The molecule has 13 nitrogen and oxygen atoms in total. The van der Waals surface area contributed by atoms with Gasteiger partial charge in [-0.05, 0) is 64.2 Å². The number of carbonyl (C=O) groups excluding carboxylic acids is 7. The largest absolute Gasteiger partial charge is 0.488 e. The van der Waals surface area contributed by atoms with Crippen molar-refractivity contribution in [2.75, 3.05) is 39.6 Å². The number of carbonyl (C=O) groups is 7. The molecule has 0 aromatic heterocycles. The smallest absolute Gasteiger partial charge is 0.306 e. The average molecular weight is 1170 g/mol. The van der Waals surface area contributed by atoms with Gasteiger partial charge >= 0.3 is 17.9 Å². The Bertz CT molecular complexity index is 1200. The number of ether oxygens (including phenoxy) is 6. The molecule has 414 valence electrons. The van der Waals surface area contributed by atoms with Crippen LogP contribution in [-0.2, 0) is 83.0 Å². The Morgan fingerprint density at radius 3 is 1.01 bits per heavy atom. The third-order valence-corrected chi connectivity index (χ3v) is 10.6. The minimum atomic E-state index is -0.534. The zero-order chi connectivity index (χ0) is 52.8. The van der Waals surface area contributed by atoms with E-state index in [0.717, 1.165) is 77.0 Å². The molecule has 3 unspecified atom stereocenters. The molecule has 3 atom stereocenters. The van der Waals surface area contributed by atoms with Gasteiger partial charge in [0.05, 0.1) is 52.5 Å². The van der Waals surface area contributed by atoms with E-state index in [1.807, 2.05) is 13.8 Å². The van der Waals surface area contributed by atoms with Crippen molar-refractivity contribution in [3.63, 3.8) is 0 Å². The summed E-state index contributed by atoms with van der Waals surface area (Å²) < 4.78 is 30.7. The Morgan fingerprint density at radius 2 is 0.657 bits per heavy atom. The second kappa shape index (κ2) is 60.1. The van der Waals surface area contributed by atoms with Gasteiger partial charge in [-0.25, -0.2) is 0 Å². The van der Waals surface area contributed by atoms with Crippen LogP contribution >= 0.6 is 0 Å². The zero-order valence-corrected chi connectivity index (χ0v) is 48.8. The monoisotopic (exact) mass is 1170 g/mol. The zero-order valence-electron chi connectivity index (χ0n) is 45.8. The van der Waals surface area contributed by atoms with Crippen LogP contribution in [-0.4, -0.2) is 81.2 Å². The van der Waals surface area contributed by atoms with Crippen molar-refractivity contribution in [1.29, 1.82) is 0 Å². The summed E-state index contributed by atoms with van der Waals surface area (Å²) in [6.45, 7) is 27.2. The van der Waals surface area contributed by atoms with Crippen LogP contribution in [0, 0.1) is 38.5 Å². The maximum atomic E-state index is 12.6. The predicted octanol–water partition coefficient (Wildman–Crippen LogP) is 13.6. The van der Waals surface area contributed by atoms with Crippen molar-refractivity contribution in [3.05, 3.63) is 20.8 Å². The van der Waals surface area contributed by atoms with E-state index in [2.05, 4.69) is 48.5 Å². The molecule has 0 aromatic carbocycles. The van der Waals surface area contributed by atoms with Gasteiger partial charge < -0.3 is 33.2 Å². The van der Waals surface area contributed by atoms with Gasteiger partial charge in [0.2, 0.25) is 0 Å². The van der Waals surface area contributed by atoms with Crippen LogP contribution in [0.2, 0.25) is 0 Å². The first-order valence-corrected chi connectivity index (χ1v) is 26.8. The fourth-order valence-corrected chi connectivity index (χ4v) is 6.52. The first-order chi connectivity index (χ1) is 32.9. The molecule has 0 rings (SSSR count). The molecule has 0 radical (unpaired) electrons. The summed E-state index contributed by atoms with van der Waals surface area (Å²) in [5, 5.41) is 0. The Kier molecular flexibility index (Phi) is 65.0. The van der Waals surface area contributed by atoms with E-state index in [9.17, 15) is 33.6 Å². The molecule has 0 amide bonds. The molecule has 70 heavy (non-hydrogen) atoms. The topological polar surface area (TPSA) is 175 Å². The van der Waals surface area contributed by atoms with Crippen molar-refractivity contribution in [1.82, 2.24) is 0 Å². The molecule has 14 heteroatoms. The molecule has 0 aromatic rings. The molecule has 0 fully saturated rings. The molecule has 0 spiro atoms. The fraction of sp³-hybridized carbons (Fsp3) is 0.821. The Morgan fingerprint density at radius 1 is 0.371 bits per heavy atom. The molecule has 0 heterocycles. The van der Waals surface area contributed by atoms with E-state index >= 15 is 0 Å². The van der Waals surface area contributed by atoms with E-state index in [1.54, 1.807) is 0 Å². The third-order valence-electron chi connectivity index (χ3n) is 10.6. The number of hydrogen-bond donors (Lipinski definition) is 0. The van der Waals surface area contributed by atoms with Gasteiger partial charge in [0.25, 0.3) is 0 Å². The summed E-state index contributed by atoms with van der Waals surface area (Å²) in [5.41, 5.74) is 0. The summed E-state index contributed by atoms with van der Waals surface area (Å²) in [5.74, 6) is -2.46. The van der Waals surface area contributed by atoms with Crippen molar-refractivity contribution >= 4 is 41.6 Å². The molecular weight excluding hydrogens is 1060 g/mol. The minimum Gasteiger partial charge on any atom is -0.488 e. The summed E-state index contributed by atoms with van der Waals surface area (Å²) in [6.07, 6.45) is 29.6. The molecule has 0 saturated heterocycles. The van der Waals surface area contributed by atoms with Crippen molar-refractivity contribution in [2.45, 2.75) is 242 Å². The molecule has 0 aliphatic heterocycles. The van der Waals surface area contributed by atoms with Crippen molar-refractivity contribution in [3.8, 4) is 0 Å².